The molecule has 160 valence electrons. The van der Waals surface area contributed by atoms with Crippen molar-refractivity contribution in [1.29, 1.82) is 0 Å². The van der Waals surface area contributed by atoms with Crippen LogP contribution in [0, 0.1) is 20.8 Å². The van der Waals surface area contributed by atoms with Crippen molar-refractivity contribution < 1.29 is 13.5 Å². The molecule has 1 aromatic heterocycles. The summed E-state index contributed by atoms with van der Waals surface area (Å²) in [7, 11) is -4.00. The van der Waals surface area contributed by atoms with Gasteiger partial charge in [-0.2, -0.15) is 5.10 Å². The van der Waals surface area contributed by atoms with Crippen LogP contribution in [0.2, 0.25) is 10.0 Å². The van der Waals surface area contributed by atoms with Crippen molar-refractivity contribution in [2.24, 2.45) is 0 Å². The smallest absolute Gasteiger partial charge is 0.264 e. The third-order valence-electron chi connectivity index (χ3n) is 4.65. The van der Waals surface area contributed by atoms with Crippen molar-refractivity contribution in [3.63, 3.8) is 0 Å². The van der Waals surface area contributed by atoms with Crippen LogP contribution >= 0.6 is 23.2 Å². The fourth-order valence-corrected chi connectivity index (χ4v) is 5.10. The molecule has 9 heteroatoms. The fraction of sp³-hybridized carbons (Fsp3) is 0.286. The normalized spacial score (nSPS) is 12.7. The van der Waals surface area contributed by atoms with Gasteiger partial charge in [0, 0.05) is 10.7 Å². The predicted molar refractivity (Wildman–Crippen MR) is 120 cm³/mol. The molecule has 0 aliphatic rings. The molecule has 1 heterocycles. The van der Waals surface area contributed by atoms with Crippen molar-refractivity contribution in [2.45, 2.75) is 38.3 Å². The first-order valence-corrected chi connectivity index (χ1v) is 11.5. The van der Waals surface area contributed by atoms with Gasteiger partial charge in [-0.1, -0.05) is 40.9 Å². The van der Waals surface area contributed by atoms with Gasteiger partial charge in [0.05, 0.1) is 40.5 Å². The van der Waals surface area contributed by atoms with Crippen molar-refractivity contribution in [3.8, 4) is 0 Å². The molecule has 0 radical (unpaired) electrons. The lowest BCUT2D eigenvalue weighted by atomic mass is 10.2. The van der Waals surface area contributed by atoms with E-state index in [4.69, 9.17) is 23.2 Å². The number of sulfonamides is 1. The Kier molecular flexibility index (Phi) is 6.77. The van der Waals surface area contributed by atoms with Crippen molar-refractivity contribution in [1.82, 2.24) is 9.78 Å². The molecule has 0 fully saturated rings. The third kappa shape index (κ3) is 4.98. The van der Waals surface area contributed by atoms with Crippen LogP contribution in [0.25, 0.3) is 0 Å². The first kappa shape index (κ1) is 22.6. The van der Waals surface area contributed by atoms with Crippen LogP contribution in [0.4, 0.5) is 5.69 Å². The first-order chi connectivity index (χ1) is 14.1. The van der Waals surface area contributed by atoms with Crippen LogP contribution in [-0.4, -0.2) is 36.0 Å². The van der Waals surface area contributed by atoms with Crippen molar-refractivity contribution >= 4 is 38.9 Å². The highest BCUT2D eigenvalue weighted by Gasteiger charge is 2.29. The predicted octanol–water partition coefficient (Wildman–Crippen LogP) is 4.37. The molecule has 0 aliphatic carbocycles. The molecule has 0 amide bonds. The molecule has 1 atom stereocenters. The standard InChI is InChI=1S/C21H23Cl2N3O3S/c1-14-4-7-19(8-5-14)30(28,29)26(21-11-17(22)6-9-20(21)23)13-18(27)12-25-16(3)10-15(2)24-25/h4-11,18,27H,12-13H2,1-3H3. The van der Waals surface area contributed by atoms with Crippen LogP contribution in [0.15, 0.2) is 53.4 Å². The molecule has 3 aromatic rings. The Morgan fingerprint density at radius 1 is 1.07 bits per heavy atom. The quantitative estimate of drug-likeness (QED) is 0.559. The number of halogens is 2. The summed E-state index contributed by atoms with van der Waals surface area (Å²) >= 11 is 12.4. The molecule has 30 heavy (non-hydrogen) atoms. The monoisotopic (exact) mass is 467 g/mol. The minimum Gasteiger partial charge on any atom is -0.389 e. The maximum absolute atomic E-state index is 13.5. The Balaban J connectivity index is 2.00. The summed E-state index contributed by atoms with van der Waals surface area (Å²) in [4.78, 5) is 0.0995. The molecule has 1 N–H and O–H groups in total. The largest absolute Gasteiger partial charge is 0.389 e. The van der Waals surface area contributed by atoms with Gasteiger partial charge in [0.25, 0.3) is 10.0 Å². The van der Waals surface area contributed by atoms with Gasteiger partial charge < -0.3 is 5.11 Å². The molecule has 0 aliphatic heterocycles. The second kappa shape index (κ2) is 8.98. The number of rotatable bonds is 7. The van der Waals surface area contributed by atoms with E-state index >= 15 is 0 Å². The molecule has 0 spiro atoms. The molecule has 0 bridgehead atoms. The minimum absolute atomic E-state index is 0.0995. The average molecular weight is 468 g/mol. The number of hydrogen-bond donors (Lipinski definition) is 1. The van der Waals surface area contributed by atoms with Crippen LogP contribution < -0.4 is 4.31 Å². The lowest BCUT2D eigenvalue weighted by molar-refractivity contribution is 0.157. The van der Waals surface area contributed by atoms with Gasteiger partial charge in [0.1, 0.15) is 0 Å². The summed E-state index contributed by atoms with van der Waals surface area (Å²) < 4.78 is 29.7. The number of aliphatic hydroxyl groups excluding tert-OH is 1. The summed E-state index contributed by atoms with van der Waals surface area (Å²) in [5.41, 5.74) is 2.84. The highest BCUT2D eigenvalue weighted by atomic mass is 35.5. The van der Waals surface area contributed by atoms with Crippen molar-refractivity contribution in [2.75, 3.05) is 10.8 Å². The van der Waals surface area contributed by atoms with E-state index in [2.05, 4.69) is 5.10 Å². The lowest BCUT2D eigenvalue weighted by Crippen LogP contribution is -2.39. The Morgan fingerprint density at radius 2 is 1.73 bits per heavy atom. The van der Waals surface area contributed by atoms with E-state index in [9.17, 15) is 13.5 Å². The summed E-state index contributed by atoms with van der Waals surface area (Å²) in [6.07, 6.45) is -1.03. The number of aryl methyl sites for hydroxylation is 3. The van der Waals surface area contributed by atoms with Crippen LogP contribution in [0.1, 0.15) is 17.0 Å². The topological polar surface area (TPSA) is 75.4 Å². The number of anilines is 1. The number of aromatic nitrogens is 2. The number of hydrogen-bond acceptors (Lipinski definition) is 4. The van der Waals surface area contributed by atoms with E-state index in [-0.39, 0.29) is 28.7 Å². The fourth-order valence-electron chi connectivity index (χ4n) is 3.15. The maximum Gasteiger partial charge on any atom is 0.264 e. The molecule has 0 saturated carbocycles. The summed E-state index contributed by atoms with van der Waals surface area (Å²) in [6, 6.07) is 13.0. The average Bonchev–Trinajstić information content (AvgIpc) is 2.99. The summed E-state index contributed by atoms with van der Waals surface area (Å²) in [6.45, 7) is 5.53. The van der Waals surface area contributed by atoms with E-state index in [0.29, 0.717) is 5.02 Å². The molecule has 2 aromatic carbocycles. The van der Waals surface area contributed by atoms with Gasteiger partial charge in [0.2, 0.25) is 0 Å². The van der Waals surface area contributed by atoms with Crippen LogP contribution in [-0.2, 0) is 16.6 Å². The molecule has 0 saturated heterocycles. The first-order valence-electron chi connectivity index (χ1n) is 9.31. The van der Waals surface area contributed by atoms with E-state index in [1.807, 2.05) is 26.8 Å². The van der Waals surface area contributed by atoms with Gasteiger partial charge in [-0.3, -0.25) is 8.99 Å². The maximum atomic E-state index is 13.5. The van der Waals surface area contributed by atoms with Gasteiger partial charge in [0.15, 0.2) is 0 Å². The molecule has 6 nitrogen and oxygen atoms in total. The number of aliphatic hydroxyl groups is 1. The van der Waals surface area contributed by atoms with Crippen molar-refractivity contribution in [3.05, 3.63) is 75.5 Å². The van der Waals surface area contributed by atoms with E-state index < -0.39 is 16.1 Å². The lowest BCUT2D eigenvalue weighted by Gasteiger charge is -2.28. The highest BCUT2D eigenvalue weighted by molar-refractivity contribution is 7.92. The summed E-state index contributed by atoms with van der Waals surface area (Å²) in [5, 5.41) is 15.6. The van der Waals surface area contributed by atoms with Crippen LogP contribution in [0.5, 0.6) is 0 Å². The molecule has 1 unspecified atom stereocenters. The Bertz CT molecular complexity index is 1140. The van der Waals surface area contributed by atoms with Crippen LogP contribution in [0.3, 0.4) is 0 Å². The third-order valence-corrected chi connectivity index (χ3v) is 7.00. The number of benzene rings is 2. The van der Waals surface area contributed by atoms with Gasteiger partial charge in [-0.15, -0.1) is 0 Å². The van der Waals surface area contributed by atoms with E-state index in [0.717, 1.165) is 21.3 Å². The van der Waals surface area contributed by atoms with Gasteiger partial charge in [-0.25, -0.2) is 8.42 Å². The Hall–Kier alpha value is -2.06. The Labute approximate surface area is 186 Å². The van der Waals surface area contributed by atoms with E-state index in [1.165, 1.54) is 24.3 Å². The summed E-state index contributed by atoms with van der Waals surface area (Å²) in [5.74, 6) is 0. The highest BCUT2D eigenvalue weighted by Crippen LogP contribution is 2.33. The number of nitrogens with zero attached hydrogens (tertiary/aromatic N) is 3. The zero-order valence-electron chi connectivity index (χ0n) is 16.9. The SMILES string of the molecule is Cc1ccc(S(=O)(=O)N(CC(O)Cn2nc(C)cc2C)c2cc(Cl)ccc2Cl)cc1. The zero-order chi connectivity index (χ0) is 22.1. The van der Waals surface area contributed by atoms with E-state index in [1.54, 1.807) is 22.9 Å². The molecule has 3 rings (SSSR count). The zero-order valence-corrected chi connectivity index (χ0v) is 19.2. The van der Waals surface area contributed by atoms with Gasteiger partial charge in [-0.05, 0) is 57.2 Å². The Morgan fingerprint density at radius 3 is 2.33 bits per heavy atom. The second-order valence-corrected chi connectivity index (χ2v) is 9.91. The molecular weight excluding hydrogens is 445 g/mol. The second-order valence-electron chi connectivity index (χ2n) is 7.21. The van der Waals surface area contributed by atoms with Gasteiger partial charge >= 0.3 is 0 Å². The minimum atomic E-state index is -4.00. The molecular formula is C21H23Cl2N3O3S.